The van der Waals surface area contributed by atoms with Crippen LogP contribution in [0, 0.1) is 6.92 Å². The van der Waals surface area contributed by atoms with Gasteiger partial charge < -0.3 is 5.32 Å². The second-order valence-corrected chi connectivity index (χ2v) is 7.19. The zero-order chi connectivity index (χ0) is 14.4. The lowest BCUT2D eigenvalue weighted by Gasteiger charge is -2.06. The quantitative estimate of drug-likeness (QED) is 0.859. The molecule has 0 aliphatic heterocycles. The van der Waals surface area contributed by atoms with Crippen LogP contribution >= 0.6 is 34.7 Å². The Labute approximate surface area is 132 Å². The highest BCUT2D eigenvalue weighted by atomic mass is 35.5. The summed E-state index contributed by atoms with van der Waals surface area (Å²) >= 11 is 8.97. The average molecular weight is 326 g/mol. The van der Waals surface area contributed by atoms with Gasteiger partial charge in [-0.05, 0) is 30.2 Å². The molecule has 0 atom stereocenters. The molecule has 1 aromatic heterocycles. The van der Waals surface area contributed by atoms with E-state index in [1.54, 1.807) is 11.8 Å². The summed E-state index contributed by atoms with van der Waals surface area (Å²) in [7, 11) is 0. The van der Waals surface area contributed by atoms with E-state index in [1.165, 1.54) is 22.5 Å². The molecule has 1 heterocycles. The molecule has 0 fully saturated rings. The molecule has 20 heavy (non-hydrogen) atoms. The van der Waals surface area contributed by atoms with Crippen molar-refractivity contribution in [2.45, 2.75) is 19.2 Å². The third-order valence-electron chi connectivity index (χ3n) is 2.84. The molecule has 0 saturated heterocycles. The second kappa shape index (κ2) is 7.72. The fourth-order valence-electron chi connectivity index (χ4n) is 1.71. The van der Waals surface area contributed by atoms with E-state index in [1.807, 2.05) is 24.3 Å². The first-order chi connectivity index (χ1) is 9.65. The fourth-order valence-corrected chi connectivity index (χ4v) is 3.67. The summed E-state index contributed by atoms with van der Waals surface area (Å²) in [5, 5.41) is 2.91. The predicted octanol–water partition coefficient (Wildman–Crippen LogP) is 4.26. The van der Waals surface area contributed by atoms with Crippen molar-refractivity contribution >= 4 is 40.6 Å². The molecular formula is C15H16ClNOS2. The van der Waals surface area contributed by atoms with Crippen LogP contribution in [0.3, 0.4) is 0 Å². The van der Waals surface area contributed by atoms with Gasteiger partial charge in [0.15, 0.2) is 0 Å². The van der Waals surface area contributed by atoms with E-state index in [4.69, 9.17) is 11.6 Å². The zero-order valence-electron chi connectivity index (χ0n) is 11.2. The first-order valence-corrected chi connectivity index (χ1v) is 8.63. The molecule has 1 aromatic carbocycles. The molecule has 5 heteroatoms. The fraction of sp³-hybridized carbons (Fsp3) is 0.267. The first-order valence-electron chi connectivity index (χ1n) is 6.28. The Bertz CT molecular complexity index is 583. The molecule has 0 saturated carbocycles. The van der Waals surface area contributed by atoms with Gasteiger partial charge in [0.05, 0.1) is 16.6 Å². The summed E-state index contributed by atoms with van der Waals surface area (Å²) in [5.74, 6) is 1.41. The maximum absolute atomic E-state index is 11.7. The van der Waals surface area contributed by atoms with Crippen LogP contribution in [0.4, 0.5) is 0 Å². The van der Waals surface area contributed by atoms with Gasteiger partial charge in [-0.2, -0.15) is 0 Å². The lowest BCUT2D eigenvalue weighted by atomic mass is 10.1. The second-order valence-electron chi connectivity index (χ2n) is 4.40. The first kappa shape index (κ1) is 15.4. The molecule has 0 radical (unpaired) electrons. The van der Waals surface area contributed by atoms with E-state index in [-0.39, 0.29) is 5.91 Å². The molecule has 0 unspecified atom stereocenters. The number of thioether (sulfide) groups is 1. The summed E-state index contributed by atoms with van der Waals surface area (Å²) in [6, 6.07) is 12.0. The van der Waals surface area contributed by atoms with Crippen molar-refractivity contribution < 1.29 is 4.79 Å². The number of thiophene rings is 1. The molecule has 0 bridgehead atoms. The van der Waals surface area contributed by atoms with E-state index in [2.05, 4.69) is 24.4 Å². The van der Waals surface area contributed by atoms with E-state index in [0.717, 1.165) is 15.0 Å². The number of amides is 1. The predicted molar refractivity (Wildman–Crippen MR) is 88.5 cm³/mol. The molecule has 1 N–H and O–H groups in total. The lowest BCUT2D eigenvalue weighted by Crippen LogP contribution is -2.24. The third-order valence-corrected chi connectivity index (χ3v) is 5.05. The summed E-state index contributed by atoms with van der Waals surface area (Å²) in [4.78, 5) is 12.8. The number of aryl methyl sites for hydroxylation is 1. The highest BCUT2D eigenvalue weighted by molar-refractivity contribution is 7.99. The van der Waals surface area contributed by atoms with Gasteiger partial charge in [-0.1, -0.05) is 35.9 Å². The molecule has 0 aliphatic carbocycles. The Hall–Kier alpha value is -0.970. The van der Waals surface area contributed by atoms with Crippen LogP contribution in [0.25, 0.3) is 0 Å². The molecule has 0 spiro atoms. The Kier molecular flexibility index (Phi) is 5.95. The number of benzene rings is 1. The maximum atomic E-state index is 11.7. The van der Waals surface area contributed by atoms with Crippen LogP contribution in [-0.4, -0.2) is 11.7 Å². The topological polar surface area (TPSA) is 29.1 Å². The number of halogens is 1. The zero-order valence-corrected chi connectivity index (χ0v) is 13.6. The Balaban J connectivity index is 1.69. The SMILES string of the molecule is Cc1ccccc1CSCC(=O)NCc1ccc(Cl)s1. The standard InChI is InChI=1S/C15H16ClNOS2/c1-11-4-2-3-5-12(11)9-19-10-15(18)17-8-13-6-7-14(16)20-13/h2-7H,8-10H2,1H3,(H,17,18). The van der Waals surface area contributed by atoms with Gasteiger partial charge >= 0.3 is 0 Å². The van der Waals surface area contributed by atoms with Crippen LogP contribution in [0.15, 0.2) is 36.4 Å². The largest absolute Gasteiger partial charge is 0.350 e. The van der Waals surface area contributed by atoms with E-state index >= 15 is 0 Å². The number of rotatable bonds is 6. The van der Waals surface area contributed by atoms with E-state index < -0.39 is 0 Å². The molecule has 2 rings (SSSR count). The highest BCUT2D eigenvalue weighted by Gasteiger charge is 2.04. The average Bonchev–Trinajstić information content (AvgIpc) is 2.84. The van der Waals surface area contributed by atoms with Crippen molar-refractivity contribution in [2.75, 3.05) is 5.75 Å². The Morgan fingerprint density at radius 3 is 2.80 bits per heavy atom. The number of hydrogen-bond acceptors (Lipinski definition) is 3. The summed E-state index contributed by atoms with van der Waals surface area (Å²) in [6.45, 7) is 2.65. The summed E-state index contributed by atoms with van der Waals surface area (Å²) in [5.41, 5.74) is 2.56. The smallest absolute Gasteiger partial charge is 0.230 e. The van der Waals surface area contributed by atoms with Crippen molar-refractivity contribution in [3.8, 4) is 0 Å². The van der Waals surface area contributed by atoms with E-state index in [9.17, 15) is 4.79 Å². The maximum Gasteiger partial charge on any atom is 0.230 e. The molecule has 2 aromatic rings. The van der Waals surface area contributed by atoms with Gasteiger partial charge in [0, 0.05) is 10.6 Å². The minimum Gasteiger partial charge on any atom is -0.350 e. The van der Waals surface area contributed by atoms with Crippen molar-refractivity contribution in [1.82, 2.24) is 5.32 Å². The monoisotopic (exact) mass is 325 g/mol. The lowest BCUT2D eigenvalue weighted by molar-refractivity contribution is -0.118. The van der Waals surface area contributed by atoms with Gasteiger partial charge in [0.25, 0.3) is 0 Å². The van der Waals surface area contributed by atoms with Crippen LogP contribution in [-0.2, 0) is 17.1 Å². The third kappa shape index (κ3) is 4.85. The minimum atomic E-state index is 0.0631. The van der Waals surface area contributed by atoms with Crippen LogP contribution in [0.1, 0.15) is 16.0 Å². The number of carbonyl (C=O) groups is 1. The molecule has 106 valence electrons. The molecule has 2 nitrogen and oxygen atoms in total. The van der Waals surface area contributed by atoms with Gasteiger partial charge in [0.2, 0.25) is 5.91 Å². The van der Waals surface area contributed by atoms with Gasteiger partial charge in [0.1, 0.15) is 0 Å². The normalized spacial score (nSPS) is 10.5. The molecule has 0 aliphatic rings. The van der Waals surface area contributed by atoms with Gasteiger partial charge in [-0.25, -0.2) is 0 Å². The van der Waals surface area contributed by atoms with Crippen molar-refractivity contribution in [2.24, 2.45) is 0 Å². The van der Waals surface area contributed by atoms with Crippen LogP contribution < -0.4 is 5.32 Å². The van der Waals surface area contributed by atoms with E-state index in [0.29, 0.717) is 12.3 Å². The van der Waals surface area contributed by atoms with Crippen molar-refractivity contribution in [3.05, 3.63) is 56.7 Å². The van der Waals surface area contributed by atoms with Crippen LogP contribution in [0.2, 0.25) is 4.34 Å². The number of carbonyl (C=O) groups excluding carboxylic acids is 1. The van der Waals surface area contributed by atoms with Gasteiger partial charge in [-0.15, -0.1) is 23.1 Å². The van der Waals surface area contributed by atoms with Crippen LogP contribution in [0.5, 0.6) is 0 Å². The summed E-state index contributed by atoms with van der Waals surface area (Å²) < 4.78 is 0.753. The molecule has 1 amide bonds. The highest BCUT2D eigenvalue weighted by Crippen LogP contribution is 2.21. The minimum absolute atomic E-state index is 0.0631. The number of hydrogen-bond donors (Lipinski definition) is 1. The van der Waals surface area contributed by atoms with Gasteiger partial charge in [-0.3, -0.25) is 4.79 Å². The van der Waals surface area contributed by atoms with Crippen molar-refractivity contribution in [3.63, 3.8) is 0 Å². The van der Waals surface area contributed by atoms with Crippen molar-refractivity contribution in [1.29, 1.82) is 0 Å². The number of nitrogens with one attached hydrogen (secondary N) is 1. The summed E-state index contributed by atoms with van der Waals surface area (Å²) in [6.07, 6.45) is 0. The Morgan fingerprint density at radius 2 is 2.10 bits per heavy atom. The molecular weight excluding hydrogens is 310 g/mol. The Morgan fingerprint density at radius 1 is 1.30 bits per heavy atom.